The van der Waals surface area contributed by atoms with E-state index in [2.05, 4.69) is 49.3 Å². The summed E-state index contributed by atoms with van der Waals surface area (Å²) in [7, 11) is 1.65. The Hall–Kier alpha value is -4.77. The number of imidazole rings is 1. The van der Waals surface area contributed by atoms with Crippen molar-refractivity contribution in [3.63, 3.8) is 0 Å². The van der Waals surface area contributed by atoms with Gasteiger partial charge in [0.1, 0.15) is 5.52 Å². The molecular formula is C44H54N8O3. The SMILES string of the molecule is CNC(=O)c1cc(Nc2nc(-c3ccc4c(c3)N(C3CC(N5CCCCC5)C3)C(=O)C43CCN(C(=O)C(C)(C)C)CC3)cc3ncn(C4CC4)c23)ccc1C. The zero-order chi connectivity index (χ0) is 38.2. The third-order valence-electron chi connectivity index (χ3n) is 13.1. The van der Waals surface area contributed by atoms with Gasteiger partial charge in [-0.2, -0.15) is 0 Å². The molecule has 4 fully saturated rings. The van der Waals surface area contributed by atoms with Crippen LogP contribution in [0.3, 0.4) is 0 Å². The monoisotopic (exact) mass is 742 g/mol. The fraction of sp³-hybridized carbons (Fsp3) is 0.523. The first-order chi connectivity index (χ1) is 26.4. The number of amides is 3. The molecule has 4 aromatic rings. The third kappa shape index (κ3) is 6.19. The Morgan fingerprint density at radius 3 is 2.33 bits per heavy atom. The molecule has 2 aromatic carbocycles. The fourth-order valence-corrected chi connectivity index (χ4v) is 9.65. The molecule has 3 aliphatic heterocycles. The molecule has 2 saturated heterocycles. The van der Waals surface area contributed by atoms with Crippen LogP contribution in [0.2, 0.25) is 0 Å². The van der Waals surface area contributed by atoms with Gasteiger partial charge in [-0.1, -0.05) is 45.4 Å². The number of nitrogens with zero attached hydrogens (tertiary/aromatic N) is 6. The lowest BCUT2D eigenvalue weighted by molar-refractivity contribution is -0.142. The second kappa shape index (κ2) is 13.5. The van der Waals surface area contributed by atoms with Crippen LogP contribution in [0.5, 0.6) is 0 Å². The van der Waals surface area contributed by atoms with E-state index >= 15 is 0 Å². The van der Waals surface area contributed by atoms with Crippen LogP contribution in [0.4, 0.5) is 17.2 Å². The lowest BCUT2D eigenvalue weighted by atomic mass is 9.73. The maximum Gasteiger partial charge on any atom is 0.251 e. The van der Waals surface area contributed by atoms with E-state index in [0.717, 1.165) is 83.6 Å². The van der Waals surface area contributed by atoms with E-state index in [9.17, 15) is 14.4 Å². The summed E-state index contributed by atoms with van der Waals surface area (Å²) in [5, 5.41) is 6.32. The van der Waals surface area contributed by atoms with Gasteiger partial charge in [0.2, 0.25) is 11.8 Å². The number of fused-ring (bicyclic) bond motifs is 3. The van der Waals surface area contributed by atoms with Gasteiger partial charge in [0, 0.05) is 66.2 Å². The minimum Gasteiger partial charge on any atom is -0.355 e. The number of carbonyl (C=O) groups is 3. The molecule has 9 rings (SSSR count). The first kappa shape index (κ1) is 35.9. The summed E-state index contributed by atoms with van der Waals surface area (Å²) in [5.41, 5.74) is 6.77. The van der Waals surface area contributed by atoms with E-state index in [1.807, 2.05) is 57.1 Å². The minimum atomic E-state index is -0.639. The molecule has 11 heteroatoms. The number of aryl methyl sites for hydroxylation is 1. The lowest BCUT2D eigenvalue weighted by Gasteiger charge is -2.48. The maximum atomic E-state index is 14.9. The number of anilines is 3. The highest BCUT2D eigenvalue weighted by molar-refractivity contribution is 6.09. The van der Waals surface area contributed by atoms with Gasteiger partial charge >= 0.3 is 0 Å². The van der Waals surface area contributed by atoms with Gasteiger partial charge in [-0.25, -0.2) is 9.97 Å². The number of hydrogen-bond donors (Lipinski definition) is 2. The predicted octanol–water partition coefficient (Wildman–Crippen LogP) is 7.11. The summed E-state index contributed by atoms with van der Waals surface area (Å²) in [4.78, 5) is 57.8. The average molecular weight is 743 g/mol. The quantitative estimate of drug-likeness (QED) is 0.207. The zero-order valence-electron chi connectivity index (χ0n) is 33.0. The Kier molecular flexibility index (Phi) is 8.79. The molecule has 2 N–H and O–H groups in total. The van der Waals surface area contributed by atoms with Crippen LogP contribution in [0.1, 0.15) is 106 Å². The molecule has 2 aromatic heterocycles. The van der Waals surface area contributed by atoms with E-state index < -0.39 is 10.8 Å². The predicted molar refractivity (Wildman–Crippen MR) is 216 cm³/mol. The van der Waals surface area contributed by atoms with E-state index in [1.54, 1.807) is 7.05 Å². The normalized spacial score (nSPS) is 22.5. The average Bonchev–Trinajstić information content (AvgIpc) is 3.88. The van der Waals surface area contributed by atoms with E-state index in [-0.39, 0.29) is 23.8 Å². The Balaban J connectivity index is 1.09. The summed E-state index contributed by atoms with van der Waals surface area (Å²) >= 11 is 0. The van der Waals surface area contributed by atoms with Crippen LogP contribution in [0.25, 0.3) is 22.3 Å². The van der Waals surface area contributed by atoms with Gasteiger partial charge in [-0.3, -0.25) is 14.4 Å². The van der Waals surface area contributed by atoms with Crippen LogP contribution in [-0.4, -0.2) is 87.4 Å². The highest BCUT2D eigenvalue weighted by atomic mass is 16.2. The Labute approximate surface area is 323 Å². The molecule has 3 amide bonds. The molecule has 2 aliphatic carbocycles. The van der Waals surface area contributed by atoms with E-state index in [0.29, 0.717) is 49.4 Å². The molecule has 5 heterocycles. The number of carbonyl (C=O) groups excluding carboxylic acids is 3. The second-order valence-corrected chi connectivity index (χ2v) is 17.7. The van der Waals surface area contributed by atoms with Gasteiger partial charge in [-0.05, 0) is 107 Å². The molecule has 11 nitrogen and oxygen atoms in total. The zero-order valence-corrected chi connectivity index (χ0v) is 33.0. The van der Waals surface area contributed by atoms with Crippen LogP contribution in [0.15, 0.2) is 48.8 Å². The summed E-state index contributed by atoms with van der Waals surface area (Å²) in [5.74, 6) is 0.901. The fourth-order valence-electron chi connectivity index (χ4n) is 9.65. The lowest BCUT2D eigenvalue weighted by Crippen LogP contribution is -2.58. The number of hydrogen-bond acceptors (Lipinski definition) is 7. The maximum absolute atomic E-state index is 14.9. The molecule has 2 saturated carbocycles. The van der Waals surface area contributed by atoms with Crippen LogP contribution < -0.4 is 15.5 Å². The molecule has 288 valence electrons. The van der Waals surface area contributed by atoms with Gasteiger partial charge in [0.05, 0.1) is 23.0 Å². The number of likely N-dealkylation sites (tertiary alicyclic amines) is 2. The molecule has 0 unspecified atom stereocenters. The first-order valence-electron chi connectivity index (χ1n) is 20.4. The summed E-state index contributed by atoms with van der Waals surface area (Å²) < 4.78 is 2.22. The number of piperidine rings is 2. The summed E-state index contributed by atoms with van der Waals surface area (Å²) in [6, 6.07) is 15.4. The van der Waals surface area contributed by atoms with Gasteiger partial charge < -0.3 is 29.9 Å². The van der Waals surface area contributed by atoms with Crippen molar-refractivity contribution in [2.45, 2.75) is 109 Å². The number of pyridine rings is 1. The van der Waals surface area contributed by atoms with Crippen molar-refractivity contribution in [1.29, 1.82) is 0 Å². The van der Waals surface area contributed by atoms with Crippen molar-refractivity contribution in [3.8, 4) is 11.3 Å². The highest BCUT2D eigenvalue weighted by Gasteiger charge is 2.56. The minimum absolute atomic E-state index is 0.133. The number of aromatic nitrogens is 3. The standard InChI is InChI=1S/C44H54N8O3/c1-27-9-11-29(22-33(27)40(53)45-5)47-39-38-36(46-26-51(38)30-12-13-30)25-35(48-39)28-10-14-34-37(21-28)52(32-23-31(24-32)49-17-7-6-8-18-49)42(55)44(34)15-19-50(20-16-44)41(54)43(2,3)4/h9-11,14,21-22,25-26,30-32H,6-8,12-13,15-20,23-24H2,1-5H3,(H,45,53)(H,47,48). The molecule has 5 aliphatic rings. The summed E-state index contributed by atoms with van der Waals surface area (Å²) in [6.07, 6.45) is 11.2. The van der Waals surface area contributed by atoms with E-state index in [4.69, 9.17) is 9.97 Å². The Morgan fingerprint density at radius 1 is 0.891 bits per heavy atom. The topological polar surface area (TPSA) is 116 Å². The number of rotatable bonds is 7. The summed E-state index contributed by atoms with van der Waals surface area (Å²) in [6.45, 7) is 11.3. The highest BCUT2D eigenvalue weighted by Crippen LogP contribution is 2.52. The Bertz CT molecular complexity index is 2180. The van der Waals surface area contributed by atoms with Gasteiger partial charge in [0.25, 0.3) is 5.91 Å². The third-order valence-corrected chi connectivity index (χ3v) is 13.1. The van der Waals surface area contributed by atoms with Crippen molar-refractivity contribution in [3.05, 3.63) is 65.5 Å². The van der Waals surface area contributed by atoms with Crippen molar-refractivity contribution in [2.75, 3.05) is 43.4 Å². The molecule has 0 bridgehead atoms. The van der Waals surface area contributed by atoms with Crippen LogP contribution in [-0.2, 0) is 15.0 Å². The van der Waals surface area contributed by atoms with Crippen LogP contribution in [0, 0.1) is 12.3 Å². The van der Waals surface area contributed by atoms with Gasteiger partial charge in [-0.15, -0.1) is 0 Å². The molecule has 0 radical (unpaired) electrons. The smallest absolute Gasteiger partial charge is 0.251 e. The Morgan fingerprint density at radius 2 is 1.64 bits per heavy atom. The van der Waals surface area contributed by atoms with Crippen molar-refractivity contribution >= 4 is 45.9 Å². The van der Waals surface area contributed by atoms with Gasteiger partial charge in [0.15, 0.2) is 5.82 Å². The first-order valence-corrected chi connectivity index (χ1v) is 20.4. The number of nitrogens with one attached hydrogen (secondary N) is 2. The number of benzene rings is 2. The van der Waals surface area contributed by atoms with Crippen molar-refractivity contribution in [2.24, 2.45) is 5.41 Å². The molecular weight excluding hydrogens is 689 g/mol. The van der Waals surface area contributed by atoms with Crippen molar-refractivity contribution in [1.82, 2.24) is 29.7 Å². The van der Waals surface area contributed by atoms with Crippen LogP contribution >= 0.6 is 0 Å². The molecule has 0 atom stereocenters. The van der Waals surface area contributed by atoms with Crippen molar-refractivity contribution < 1.29 is 14.4 Å². The molecule has 1 spiro atoms. The molecule has 55 heavy (non-hydrogen) atoms. The largest absolute Gasteiger partial charge is 0.355 e. The second-order valence-electron chi connectivity index (χ2n) is 17.7. The van der Waals surface area contributed by atoms with E-state index in [1.165, 1.54) is 19.3 Å².